The molecule has 2 nitrogen and oxygen atoms in total. The van der Waals surface area contributed by atoms with Gasteiger partial charge in [-0.15, -0.1) is 0 Å². The van der Waals surface area contributed by atoms with Crippen LogP contribution in [0.3, 0.4) is 0 Å². The van der Waals surface area contributed by atoms with Gasteiger partial charge in [0.1, 0.15) is 0 Å². The molecule has 0 radical (unpaired) electrons. The van der Waals surface area contributed by atoms with Gasteiger partial charge in [0.25, 0.3) is 0 Å². The predicted molar refractivity (Wildman–Crippen MR) is 80.3 cm³/mol. The number of rotatable bonds is 1. The summed E-state index contributed by atoms with van der Waals surface area (Å²) >= 11 is 0. The number of aliphatic hydroxyl groups is 1. The van der Waals surface area contributed by atoms with Crippen LogP contribution in [0, 0.1) is 11.3 Å². The minimum Gasteiger partial charge on any atom is -0.390 e. The lowest BCUT2D eigenvalue weighted by Crippen LogP contribution is -2.38. The molecule has 0 aromatic heterocycles. The molecular formula is C18H19NO. The largest absolute Gasteiger partial charge is 0.390 e. The van der Waals surface area contributed by atoms with E-state index >= 15 is 0 Å². The minimum atomic E-state index is -0.614. The van der Waals surface area contributed by atoms with Crippen molar-refractivity contribution in [2.24, 2.45) is 0 Å². The Balaban J connectivity index is 2.02. The number of hydrogen-bond acceptors (Lipinski definition) is 2. The van der Waals surface area contributed by atoms with Gasteiger partial charge < -0.3 is 5.11 Å². The molecule has 1 fully saturated rings. The monoisotopic (exact) mass is 265 g/mol. The summed E-state index contributed by atoms with van der Waals surface area (Å²) in [6.45, 7) is 1.87. The molecule has 0 saturated heterocycles. The summed E-state index contributed by atoms with van der Waals surface area (Å²) < 4.78 is 0. The number of fused-ring (bicyclic) bond motifs is 1. The molecule has 20 heavy (non-hydrogen) atoms. The molecule has 2 heteroatoms. The predicted octanol–water partition coefficient (Wildman–Crippen LogP) is 3.93. The third kappa shape index (κ3) is 2.19. The van der Waals surface area contributed by atoms with E-state index in [2.05, 4.69) is 36.4 Å². The van der Waals surface area contributed by atoms with Gasteiger partial charge in [0.05, 0.1) is 17.1 Å². The van der Waals surface area contributed by atoms with Crippen molar-refractivity contribution in [2.45, 2.75) is 43.6 Å². The summed E-state index contributed by atoms with van der Waals surface area (Å²) in [5.74, 6) is 0. The molecule has 0 unspecified atom stereocenters. The summed E-state index contributed by atoms with van der Waals surface area (Å²) in [5, 5.41) is 22.2. The summed E-state index contributed by atoms with van der Waals surface area (Å²) in [6.07, 6.45) is 2.84. The second-order valence-corrected chi connectivity index (χ2v) is 6.25. The molecule has 102 valence electrons. The van der Waals surface area contributed by atoms with Crippen LogP contribution in [0.2, 0.25) is 0 Å². The zero-order valence-corrected chi connectivity index (χ0v) is 11.8. The lowest BCUT2D eigenvalue weighted by atomic mass is 9.66. The van der Waals surface area contributed by atoms with Crippen LogP contribution in [0.25, 0.3) is 10.8 Å². The molecule has 0 amide bonds. The average Bonchev–Trinajstić information content (AvgIpc) is 2.47. The van der Waals surface area contributed by atoms with Gasteiger partial charge in [0, 0.05) is 0 Å². The van der Waals surface area contributed by atoms with Gasteiger partial charge >= 0.3 is 0 Å². The molecule has 0 atom stereocenters. The summed E-state index contributed by atoms with van der Waals surface area (Å²) in [6, 6.07) is 17.1. The Labute approximate surface area is 119 Å². The molecular weight excluding hydrogens is 246 g/mol. The van der Waals surface area contributed by atoms with Crippen LogP contribution in [-0.4, -0.2) is 10.7 Å². The first-order valence-corrected chi connectivity index (χ1v) is 7.18. The van der Waals surface area contributed by atoms with E-state index in [-0.39, 0.29) is 0 Å². The number of hydrogen-bond donors (Lipinski definition) is 1. The number of nitrogens with zero attached hydrogens (tertiary/aromatic N) is 1. The molecule has 1 N–H and O–H groups in total. The lowest BCUT2D eigenvalue weighted by Gasteiger charge is -2.38. The highest BCUT2D eigenvalue weighted by Gasteiger charge is 2.40. The lowest BCUT2D eigenvalue weighted by molar-refractivity contribution is 0.00856. The van der Waals surface area contributed by atoms with Crippen molar-refractivity contribution >= 4 is 10.8 Å². The minimum absolute atomic E-state index is 0.438. The maximum atomic E-state index is 10.1. The molecule has 0 aliphatic heterocycles. The smallest absolute Gasteiger partial charge is 0.0824 e. The van der Waals surface area contributed by atoms with Gasteiger partial charge in [-0.3, -0.25) is 0 Å². The van der Waals surface area contributed by atoms with Crippen molar-refractivity contribution in [1.29, 1.82) is 5.26 Å². The summed E-state index contributed by atoms with van der Waals surface area (Å²) in [4.78, 5) is 0. The van der Waals surface area contributed by atoms with Crippen molar-refractivity contribution in [3.8, 4) is 6.07 Å². The summed E-state index contributed by atoms with van der Waals surface area (Å²) in [5.41, 5.74) is 0.0397. The third-order valence-corrected chi connectivity index (χ3v) is 4.70. The normalized spacial score (nSPS) is 30.1. The fraction of sp³-hybridized carbons (Fsp3) is 0.389. The Morgan fingerprint density at radius 2 is 1.65 bits per heavy atom. The molecule has 0 heterocycles. The molecule has 3 rings (SSSR count). The Morgan fingerprint density at radius 3 is 2.30 bits per heavy atom. The maximum absolute atomic E-state index is 10.1. The Morgan fingerprint density at radius 1 is 1.00 bits per heavy atom. The van der Waals surface area contributed by atoms with E-state index in [9.17, 15) is 10.4 Å². The highest BCUT2D eigenvalue weighted by atomic mass is 16.3. The quantitative estimate of drug-likeness (QED) is 0.849. The standard InChI is InChI=1S/C18H19NO/c1-17(20)8-10-18(13-19,11-9-17)16-7-6-14-4-2-3-5-15(14)12-16/h2-7,12,20H,8-11H2,1H3/t17-,18+. The highest BCUT2D eigenvalue weighted by molar-refractivity contribution is 5.83. The van der Waals surface area contributed by atoms with Crippen molar-refractivity contribution in [2.75, 3.05) is 0 Å². The van der Waals surface area contributed by atoms with Gasteiger partial charge in [-0.1, -0.05) is 36.4 Å². The number of benzene rings is 2. The molecule has 1 aliphatic rings. The Hall–Kier alpha value is -1.85. The van der Waals surface area contributed by atoms with Crippen molar-refractivity contribution in [1.82, 2.24) is 0 Å². The maximum Gasteiger partial charge on any atom is 0.0824 e. The first-order chi connectivity index (χ1) is 9.55. The second-order valence-electron chi connectivity index (χ2n) is 6.25. The van der Waals surface area contributed by atoms with Gasteiger partial charge in [0.15, 0.2) is 0 Å². The van der Waals surface area contributed by atoms with E-state index in [0.717, 1.165) is 18.4 Å². The fourth-order valence-electron chi connectivity index (χ4n) is 3.17. The van der Waals surface area contributed by atoms with Gasteiger partial charge in [-0.25, -0.2) is 0 Å². The zero-order valence-electron chi connectivity index (χ0n) is 11.8. The van der Waals surface area contributed by atoms with Crippen LogP contribution >= 0.6 is 0 Å². The van der Waals surface area contributed by atoms with E-state index in [4.69, 9.17) is 0 Å². The van der Waals surface area contributed by atoms with Crippen LogP contribution in [-0.2, 0) is 5.41 Å². The van der Waals surface area contributed by atoms with Crippen LogP contribution in [0.4, 0.5) is 0 Å². The van der Waals surface area contributed by atoms with Crippen LogP contribution < -0.4 is 0 Å². The molecule has 0 spiro atoms. The van der Waals surface area contributed by atoms with E-state index in [0.29, 0.717) is 12.8 Å². The second kappa shape index (κ2) is 4.61. The molecule has 2 aromatic carbocycles. The first-order valence-electron chi connectivity index (χ1n) is 7.18. The first kappa shape index (κ1) is 13.1. The molecule has 1 saturated carbocycles. The van der Waals surface area contributed by atoms with Crippen LogP contribution in [0.1, 0.15) is 38.2 Å². The van der Waals surface area contributed by atoms with Gasteiger partial charge in [-0.2, -0.15) is 5.26 Å². The van der Waals surface area contributed by atoms with E-state index in [1.165, 1.54) is 10.8 Å². The summed E-state index contributed by atoms with van der Waals surface area (Å²) in [7, 11) is 0. The topological polar surface area (TPSA) is 44.0 Å². The fourth-order valence-corrected chi connectivity index (χ4v) is 3.17. The van der Waals surface area contributed by atoms with Crippen LogP contribution in [0.15, 0.2) is 42.5 Å². The van der Waals surface area contributed by atoms with Crippen molar-refractivity contribution < 1.29 is 5.11 Å². The molecule has 2 aromatic rings. The Bertz CT molecular complexity index is 671. The SMILES string of the molecule is C[C@]1(O)CC[C@@](C#N)(c2ccc3ccccc3c2)CC1. The van der Waals surface area contributed by atoms with E-state index in [1.54, 1.807) is 0 Å². The Kier molecular flexibility index (Phi) is 3.03. The van der Waals surface area contributed by atoms with Crippen molar-refractivity contribution in [3.05, 3.63) is 48.0 Å². The van der Waals surface area contributed by atoms with E-state index in [1.807, 2.05) is 19.1 Å². The van der Waals surface area contributed by atoms with Crippen LogP contribution in [0.5, 0.6) is 0 Å². The molecule has 0 bridgehead atoms. The van der Waals surface area contributed by atoms with Gasteiger partial charge in [-0.05, 0) is 55.0 Å². The van der Waals surface area contributed by atoms with E-state index < -0.39 is 11.0 Å². The van der Waals surface area contributed by atoms with Gasteiger partial charge in [0.2, 0.25) is 0 Å². The third-order valence-electron chi connectivity index (χ3n) is 4.70. The zero-order chi connectivity index (χ0) is 14.2. The number of nitriles is 1. The average molecular weight is 265 g/mol. The highest BCUT2D eigenvalue weighted by Crippen LogP contribution is 2.43. The van der Waals surface area contributed by atoms with Crippen molar-refractivity contribution in [3.63, 3.8) is 0 Å². The molecule has 1 aliphatic carbocycles.